The largest absolute Gasteiger partial charge is 0.341 e. The molecule has 0 radical (unpaired) electrons. The number of para-hydroxylation sites is 5. The van der Waals surface area contributed by atoms with Gasteiger partial charge in [-0.05, 0) is 43.3 Å². The lowest BCUT2D eigenvalue weighted by Crippen LogP contribution is -1.92. The van der Waals surface area contributed by atoms with Crippen molar-refractivity contribution < 1.29 is 0 Å². The lowest BCUT2D eigenvalue weighted by molar-refractivity contribution is 0.827. The average Bonchev–Trinajstić information content (AvgIpc) is 3.42. The van der Waals surface area contributed by atoms with Crippen LogP contribution in [0.25, 0.3) is 49.3 Å². The molecule has 0 saturated heterocycles. The molecule has 164 valence electrons. The van der Waals surface area contributed by atoms with E-state index >= 15 is 0 Å². The van der Waals surface area contributed by atoms with Gasteiger partial charge < -0.3 is 9.13 Å². The fraction of sp³-hybridized carbons (Fsp3) is 0.0625. The van der Waals surface area contributed by atoms with Crippen LogP contribution in [0.1, 0.15) is 6.92 Å². The van der Waals surface area contributed by atoms with Crippen molar-refractivity contribution in [3.63, 3.8) is 0 Å². The van der Waals surface area contributed by atoms with E-state index in [9.17, 15) is 0 Å². The molecular formula is C32H26N2. The zero-order chi connectivity index (χ0) is 22.9. The van der Waals surface area contributed by atoms with Crippen LogP contribution in [0.3, 0.4) is 0 Å². The molecule has 0 amide bonds. The molecule has 2 nitrogen and oxygen atoms in total. The third-order valence-electron chi connectivity index (χ3n) is 6.59. The van der Waals surface area contributed by atoms with Gasteiger partial charge in [-0.15, -0.1) is 0 Å². The van der Waals surface area contributed by atoms with Crippen LogP contribution in [0, 0.1) is 0 Å². The van der Waals surface area contributed by atoms with Crippen LogP contribution in [0.2, 0.25) is 0 Å². The zero-order valence-corrected chi connectivity index (χ0v) is 19.2. The molecule has 2 aromatic heterocycles. The van der Waals surface area contributed by atoms with Crippen LogP contribution in [0.5, 0.6) is 0 Å². The van der Waals surface area contributed by atoms with E-state index in [4.69, 9.17) is 0 Å². The van der Waals surface area contributed by atoms with Gasteiger partial charge in [-0.1, -0.05) is 91.0 Å². The summed E-state index contributed by atoms with van der Waals surface area (Å²) in [5, 5.41) is 5.33. The Morgan fingerprint density at radius 3 is 1.21 bits per heavy atom. The summed E-state index contributed by atoms with van der Waals surface area (Å²) < 4.78 is 4.69. The van der Waals surface area contributed by atoms with Gasteiger partial charge in [0.15, 0.2) is 0 Å². The number of fused-ring (bicyclic) bond motifs is 6. The van der Waals surface area contributed by atoms with Gasteiger partial charge in [0.05, 0.1) is 11.0 Å². The molecule has 0 aliphatic rings. The second kappa shape index (κ2) is 8.57. The Kier molecular flexibility index (Phi) is 5.12. The van der Waals surface area contributed by atoms with Gasteiger partial charge in [-0.2, -0.15) is 0 Å². The summed E-state index contributed by atoms with van der Waals surface area (Å²) in [6.45, 7) is 3.22. The van der Waals surface area contributed by atoms with E-state index in [2.05, 4.69) is 143 Å². The maximum Gasteiger partial charge on any atom is 0.0541 e. The first-order valence-electron chi connectivity index (χ1n) is 11.9. The summed E-state index contributed by atoms with van der Waals surface area (Å²) in [6.07, 6.45) is 0. The van der Waals surface area contributed by atoms with E-state index in [0.29, 0.717) is 0 Å². The minimum absolute atomic E-state index is 1.02. The van der Waals surface area contributed by atoms with Crippen LogP contribution in [-0.4, -0.2) is 9.13 Å². The summed E-state index contributed by atoms with van der Waals surface area (Å²) in [6, 6.07) is 44.9. The van der Waals surface area contributed by atoms with Crippen molar-refractivity contribution in [2.45, 2.75) is 13.5 Å². The first kappa shape index (κ1) is 20.3. The van der Waals surface area contributed by atoms with Crippen molar-refractivity contribution in [3.05, 3.63) is 127 Å². The molecule has 7 aromatic rings. The highest BCUT2D eigenvalue weighted by atomic mass is 15.0. The molecule has 0 unspecified atom stereocenters. The first-order valence-corrected chi connectivity index (χ1v) is 11.9. The number of rotatable bonds is 2. The van der Waals surface area contributed by atoms with Crippen LogP contribution in [0.4, 0.5) is 0 Å². The van der Waals surface area contributed by atoms with Crippen LogP contribution in [0.15, 0.2) is 127 Å². The fourth-order valence-corrected chi connectivity index (χ4v) is 5.12. The topological polar surface area (TPSA) is 9.86 Å². The molecule has 0 spiro atoms. The molecule has 0 bridgehead atoms. The quantitative estimate of drug-likeness (QED) is 0.256. The first-order chi connectivity index (χ1) is 16.9. The Hall–Kier alpha value is -4.30. The number of hydrogen-bond acceptors (Lipinski definition) is 0. The molecule has 2 heteroatoms. The van der Waals surface area contributed by atoms with Crippen molar-refractivity contribution in [3.8, 4) is 5.69 Å². The number of benzene rings is 5. The Morgan fingerprint density at radius 1 is 0.412 bits per heavy atom. The Balaban J connectivity index is 0.000000132. The number of hydrogen-bond donors (Lipinski definition) is 0. The maximum absolute atomic E-state index is 2.37. The van der Waals surface area contributed by atoms with E-state index in [1.54, 1.807) is 0 Å². The summed E-state index contributed by atoms with van der Waals surface area (Å²) in [4.78, 5) is 0. The highest BCUT2D eigenvalue weighted by Crippen LogP contribution is 2.31. The van der Waals surface area contributed by atoms with Crippen LogP contribution >= 0.6 is 0 Å². The molecule has 0 aliphatic heterocycles. The minimum Gasteiger partial charge on any atom is -0.341 e. The van der Waals surface area contributed by atoms with Gasteiger partial charge >= 0.3 is 0 Å². The molecule has 34 heavy (non-hydrogen) atoms. The summed E-state index contributed by atoms with van der Waals surface area (Å²) in [5.74, 6) is 0. The van der Waals surface area contributed by atoms with E-state index in [0.717, 1.165) is 6.54 Å². The highest BCUT2D eigenvalue weighted by molar-refractivity contribution is 6.09. The summed E-state index contributed by atoms with van der Waals surface area (Å²) in [7, 11) is 0. The number of nitrogens with zero attached hydrogens (tertiary/aromatic N) is 2. The Bertz CT molecular complexity index is 1630. The summed E-state index contributed by atoms with van der Waals surface area (Å²) in [5.41, 5.74) is 6.40. The third-order valence-corrected chi connectivity index (χ3v) is 6.59. The lowest BCUT2D eigenvalue weighted by Gasteiger charge is -2.06. The van der Waals surface area contributed by atoms with E-state index in [1.807, 2.05) is 0 Å². The lowest BCUT2D eigenvalue weighted by atomic mass is 10.2. The number of aromatic nitrogens is 2. The second-order valence-electron chi connectivity index (χ2n) is 8.48. The molecule has 2 heterocycles. The average molecular weight is 439 g/mol. The Morgan fingerprint density at radius 2 is 0.765 bits per heavy atom. The van der Waals surface area contributed by atoms with Gasteiger partial charge in [-0.25, -0.2) is 0 Å². The molecule has 0 N–H and O–H groups in total. The predicted molar refractivity (Wildman–Crippen MR) is 146 cm³/mol. The van der Waals surface area contributed by atoms with Crippen molar-refractivity contribution in [1.82, 2.24) is 9.13 Å². The molecule has 0 fully saturated rings. The van der Waals surface area contributed by atoms with Crippen molar-refractivity contribution in [2.24, 2.45) is 0 Å². The van der Waals surface area contributed by atoms with E-state index in [1.165, 1.54) is 49.3 Å². The van der Waals surface area contributed by atoms with Gasteiger partial charge in [0.2, 0.25) is 0 Å². The van der Waals surface area contributed by atoms with Gasteiger partial charge in [0.1, 0.15) is 0 Å². The monoisotopic (exact) mass is 438 g/mol. The highest BCUT2D eigenvalue weighted by Gasteiger charge is 2.10. The molecule has 7 rings (SSSR count). The van der Waals surface area contributed by atoms with Crippen LogP contribution < -0.4 is 0 Å². The van der Waals surface area contributed by atoms with Gasteiger partial charge in [0.25, 0.3) is 0 Å². The molecule has 0 atom stereocenters. The molecule has 0 aliphatic carbocycles. The number of aryl methyl sites for hydroxylation is 1. The standard InChI is InChI=1S/C18H13N.C14H13N/c1-2-8-14(9-3-1)19-17-12-6-4-10-15(17)16-11-5-7-13-18(16)19;1-2-15-13-9-5-3-7-11(13)12-8-4-6-10-14(12)15/h1-13H;3-10H,2H2,1H3. The maximum atomic E-state index is 2.37. The van der Waals surface area contributed by atoms with Gasteiger partial charge in [-0.3, -0.25) is 0 Å². The molecule has 0 saturated carbocycles. The predicted octanol–water partition coefficient (Wildman–Crippen LogP) is 8.60. The fourth-order valence-electron chi connectivity index (χ4n) is 5.12. The third kappa shape index (κ3) is 3.27. The smallest absolute Gasteiger partial charge is 0.0541 e. The van der Waals surface area contributed by atoms with Gasteiger partial charge in [0, 0.05) is 44.8 Å². The zero-order valence-electron chi connectivity index (χ0n) is 19.2. The van der Waals surface area contributed by atoms with Crippen LogP contribution in [-0.2, 0) is 6.54 Å². The Labute approximate surface area is 199 Å². The molecule has 5 aromatic carbocycles. The van der Waals surface area contributed by atoms with Crippen molar-refractivity contribution >= 4 is 43.6 Å². The normalized spacial score (nSPS) is 11.2. The molecular weight excluding hydrogens is 412 g/mol. The van der Waals surface area contributed by atoms with Crippen molar-refractivity contribution in [1.29, 1.82) is 0 Å². The minimum atomic E-state index is 1.02. The SMILES string of the molecule is CCn1c2ccccc2c2ccccc21.c1ccc(-n2c3ccccc3c3ccccc32)cc1. The van der Waals surface area contributed by atoms with E-state index in [-0.39, 0.29) is 0 Å². The second-order valence-corrected chi connectivity index (χ2v) is 8.48. The summed E-state index contributed by atoms with van der Waals surface area (Å²) >= 11 is 0. The van der Waals surface area contributed by atoms with Crippen molar-refractivity contribution in [2.75, 3.05) is 0 Å². The van der Waals surface area contributed by atoms with E-state index < -0.39 is 0 Å².